The van der Waals surface area contributed by atoms with Gasteiger partial charge in [0.2, 0.25) is 5.91 Å². The molecule has 0 aliphatic heterocycles. The average molecular weight is 369 g/mol. The third-order valence-electron chi connectivity index (χ3n) is 3.98. The molecule has 0 aliphatic carbocycles. The number of benzene rings is 2. The summed E-state index contributed by atoms with van der Waals surface area (Å²) < 4.78 is 14.1. The van der Waals surface area contributed by atoms with Crippen LogP contribution < -0.4 is 5.32 Å². The summed E-state index contributed by atoms with van der Waals surface area (Å²) in [5.74, 6) is -0.625. The predicted octanol–water partition coefficient (Wildman–Crippen LogP) is 3.87. The summed E-state index contributed by atoms with van der Waals surface area (Å²) in [5.41, 5.74) is 1.41. The molecular weight excluding hydrogens is 349 g/mol. The number of nitrogens with zero attached hydrogens (tertiary/aromatic N) is 2. The zero-order chi connectivity index (χ0) is 18.5. The van der Waals surface area contributed by atoms with Crippen LogP contribution in [-0.4, -0.2) is 29.9 Å². The number of halogens is 1. The molecule has 0 spiro atoms. The molecular formula is C20H20FN3OS. The van der Waals surface area contributed by atoms with Gasteiger partial charge in [0.15, 0.2) is 0 Å². The Morgan fingerprint density at radius 2 is 1.85 bits per heavy atom. The van der Waals surface area contributed by atoms with Gasteiger partial charge in [0, 0.05) is 22.2 Å². The van der Waals surface area contributed by atoms with E-state index in [1.165, 1.54) is 17.4 Å². The first-order chi connectivity index (χ1) is 12.6. The first kappa shape index (κ1) is 18.2. The van der Waals surface area contributed by atoms with Gasteiger partial charge in [-0.05, 0) is 20.2 Å². The molecule has 3 rings (SSSR count). The highest BCUT2D eigenvalue weighted by molar-refractivity contribution is 7.15. The van der Waals surface area contributed by atoms with E-state index in [1.807, 2.05) is 30.3 Å². The third-order valence-corrected chi connectivity index (χ3v) is 5.02. The summed E-state index contributed by atoms with van der Waals surface area (Å²) in [6.45, 7) is 0.363. The van der Waals surface area contributed by atoms with Crippen LogP contribution in [0.25, 0.3) is 10.6 Å². The monoisotopic (exact) mass is 369 g/mol. The number of hydrogen-bond acceptors (Lipinski definition) is 4. The second-order valence-electron chi connectivity index (χ2n) is 6.10. The van der Waals surface area contributed by atoms with Crippen molar-refractivity contribution >= 4 is 17.2 Å². The quantitative estimate of drug-likeness (QED) is 0.717. The van der Waals surface area contributed by atoms with E-state index in [2.05, 4.69) is 10.3 Å². The molecule has 0 saturated heterocycles. The summed E-state index contributed by atoms with van der Waals surface area (Å²) in [5, 5.41) is 3.80. The average Bonchev–Trinajstić information content (AvgIpc) is 3.11. The van der Waals surface area contributed by atoms with Crippen LogP contribution in [0.3, 0.4) is 0 Å². The topological polar surface area (TPSA) is 45.2 Å². The fourth-order valence-electron chi connectivity index (χ4n) is 2.73. The van der Waals surface area contributed by atoms with Gasteiger partial charge in [-0.25, -0.2) is 9.37 Å². The van der Waals surface area contributed by atoms with Crippen molar-refractivity contribution in [2.24, 2.45) is 0 Å². The van der Waals surface area contributed by atoms with Gasteiger partial charge in [-0.1, -0.05) is 48.5 Å². The fourth-order valence-corrected chi connectivity index (χ4v) is 3.58. The smallest absolute Gasteiger partial charge is 0.242 e. The second-order valence-corrected chi connectivity index (χ2v) is 7.22. The van der Waals surface area contributed by atoms with Crippen LogP contribution in [0, 0.1) is 5.82 Å². The van der Waals surface area contributed by atoms with Crippen molar-refractivity contribution in [2.45, 2.75) is 12.6 Å². The van der Waals surface area contributed by atoms with E-state index in [0.29, 0.717) is 12.1 Å². The molecule has 1 aromatic heterocycles. The van der Waals surface area contributed by atoms with Crippen LogP contribution in [0.5, 0.6) is 0 Å². The maximum absolute atomic E-state index is 14.1. The minimum atomic E-state index is -0.683. The molecule has 0 bridgehead atoms. The zero-order valence-electron chi connectivity index (χ0n) is 14.6. The standard InChI is InChI=1S/C20H20FN3OS/c1-24(2)18(16-10-6-7-11-17(16)21)19(25)22-12-15-13-23-20(26-15)14-8-4-3-5-9-14/h3-11,13,18H,12H2,1-2H3,(H,22,25). The van der Waals surface area contributed by atoms with Crippen LogP contribution in [-0.2, 0) is 11.3 Å². The number of hydrogen-bond donors (Lipinski definition) is 1. The van der Waals surface area contributed by atoms with Crippen molar-refractivity contribution < 1.29 is 9.18 Å². The van der Waals surface area contributed by atoms with Gasteiger partial charge < -0.3 is 5.32 Å². The van der Waals surface area contributed by atoms with Crippen LogP contribution in [0.2, 0.25) is 0 Å². The molecule has 6 heteroatoms. The Bertz CT molecular complexity index is 880. The first-order valence-electron chi connectivity index (χ1n) is 8.25. The number of likely N-dealkylation sites (N-methyl/N-ethyl adjacent to an activating group) is 1. The summed E-state index contributed by atoms with van der Waals surface area (Å²) in [7, 11) is 3.52. The van der Waals surface area contributed by atoms with Crippen molar-refractivity contribution in [1.82, 2.24) is 15.2 Å². The third kappa shape index (κ3) is 4.15. The van der Waals surface area contributed by atoms with Gasteiger partial charge in [0.25, 0.3) is 0 Å². The molecule has 1 heterocycles. The fraction of sp³-hybridized carbons (Fsp3) is 0.200. The van der Waals surface area contributed by atoms with Crippen molar-refractivity contribution in [1.29, 1.82) is 0 Å². The Labute approximate surface area is 156 Å². The SMILES string of the molecule is CN(C)C(C(=O)NCc1cnc(-c2ccccc2)s1)c1ccccc1F. The molecule has 3 aromatic rings. The molecule has 4 nitrogen and oxygen atoms in total. The number of thiazole rings is 1. The molecule has 0 radical (unpaired) electrons. The normalized spacial score (nSPS) is 12.2. The molecule has 1 atom stereocenters. The first-order valence-corrected chi connectivity index (χ1v) is 9.06. The summed E-state index contributed by atoms with van der Waals surface area (Å²) in [6, 6.07) is 15.6. The van der Waals surface area contributed by atoms with Crippen molar-refractivity contribution in [3.05, 3.63) is 77.1 Å². The number of carbonyl (C=O) groups is 1. The maximum atomic E-state index is 14.1. The molecule has 134 valence electrons. The number of carbonyl (C=O) groups excluding carboxylic acids is 1. The second kappa shape index (κ2) is 8.21. The van der Waals surface area contributed by atoms with Crippen molar-refractivity contribution in [3.63, 3.8) is 0 Å². The predicted molar refractivity (Wildman–Crippen MR) is 102 cm³/mol. The molecule has 2 aromatic carbocycles. The van der Waals surface area contributed by atoms with Gasteiger partial charge in [0.05, 0.1) is 6.54 Å². The lowest BCUT2D eigenvalue weighted by molar-refractivity contribution is -0.126. The molecule has 0 fully saturated rings. The van der Waals surface area contributed by atoms with Crippen molar-refractivity contribution in [3.8, 4) is 10.6 Å². The van der Waals surface area contributed by atoms with E-state index < -0.39 is 6.04 Å². The van der Waals surface area contributed by atoms with E-state index in [0.717, 1.165) is 15.4 Å². The highest BCUT2D eigenvalue weighted by Crippen LogP contribution is 2.25. The van der Waals surface area contributed by atoms with Crippen molar-refractivity contribution in [2.75, 3.05) is 14.1 Å². The minimum Gasteiger partial charge on any atom is -0.349 e. The number of nitrogens with one attached hydrogen (secondary N) is 1. The summed E-state index contributed by atoms with van der Waals surface area (Å²) in [6.07, 6.45) is 1.76. The largest absolute Gasteiger partial charge is 0.349 e. The van der Waals surface area contributed by atoms with Crippen LogP contribution in [0.15, 0.2) is 60.8 Å². The highest BCUT2D eigenvalue weighted by Gasteiger charge is 2.25. The molecule has 0 aliphatic rings. The summed E-state index contributed by atoms with van der Waals surface area (Å²) >= 11 is 1.53. The lowest BCUT2D eigenvalue weighted by atomic mass is 10.0. The zero-order valence-corrected chi connectivity index (χ0v) is 15.5. The van der Waals surface area contributed by atoms with E-state index in [9.17, 15) is 9.18 Å². The van der Waals surface area contributed by atoms with Gasteiger partial charge >= 0.3 is 0 Å². The highest BCUT2D eigenvalue weighted by atomic mass is 32.1. The lowest BCUT2D eigenvalue weighted by Crippen LogP contribution is -2.37. The van der Waals surface area contributed by atoms with Gasteiger partial charge in [0.1, 0.15) is 16.9 Å². The Balaban J connectivity index is 1.70. The van der Waals surface area contributed by atoms with Crippen LogP contribution in [0.1, 0.15) is 16.5 Å². The van der Waals surface area contributed by atoms with Gasteiger partial charge in [-0.15, -0.1) is 11.3 Å². The van der Waals surface area contributed by atoms with Crippen LogP contribution >= 0.6 is 11.3 Å². The van der Waals surface area contributed by atoms with E-state index in [4.69, 9.17) is 0 Å². The molecule has 1 amide bonds. The molecule has 26 heavy (non-hydrogen) atoms. The van der Waals surface area contributed by atoms with E-state index in [1.54, 1.807) is 43.4 Å². The maximum Gasteiger partial charge on any atom is 0.242 e. The Morgan fingerprint density at radius 3 is 2.54 bits per heavy atom. The molecule has 1 N–H and O–H groups in total. The Kier molecular flexibility index (Phi) is 5.75. The lowest BCUT2D eigenvalue weighted by Gasteiger charge is -2.24. The number of rotatable bonds is 6. The number of aromatic nitrogens is 1. The van der Waals surface area contributed by atoms with E-state index in [-0.39, 0.29) is 11.7 Å². The van der Waals surface area contributed by atoms with E-state index >= 15 is 0 Å². The Morgan fingerprint density at radius 1 is 1.15 bits per heavy atom. The molecule has 1 unspecified atom stereocenters. The van der Waals surface area contributed by atoms with Crippen LogP contribution in [0.4, 0.5) is 4.39 Å². The Hall–Kier alpha value is -2.57. The van der Waals surface area contributed by atoms with Gasteiger partial charge in [-0.3, -0.25) is 9.69 Å². The number of amides is 1. The molecule has 0 saturated carbocycles. The summed E-state index contributed by atoms with van der Waals surface area (Å²) in [4.78, 5) is 19.7. The van der Waals surface area contributed by atoms with Gasteiger partial charge in [-0.2, -0.15) is 0 Å². The minimum absolute atomic E-state index is 0.241.